The number of likely N-dealkylation sites (tertiary alicyclic amines) is 1. The van der Waals surface area contributed by atoms with Gasteiger partial charge in [0.1, 0.15) is 0 Å². The molecule has 1 aliphatic heterocycles. The van der Waals surface area contributed by atoms with Crippen molar-refractivity contribution >= 4 is 29.5 Å². The number of carboxylic acid groups (broad SMARTS) is 1. The van der Waals surface area contributed by atoms with Crippen molar-refractivity contribution in [3.63, 3.8) is 0 Å². The van der Waals surface area contributed by atoms with Gasteiger partial charge in [0.2, 0.25) is 11.8 Å². The summed E-state index contributed by atoms with van der Waals surface area (Å²) in [4.78, 5) is 34.9. The van der Waals surface area contributed by atoms with Crippen LogP contribution < -0.4 is 5.73 Å². The highest BCUT2D eigenvalue weighted by Gasteiger charge is 2.41. The number of carbonyl (C=O) groups is 3. The SMILES string of the molecule is CC1(C(=O)O)CCN(C(=O)CCSCC(N)=O)C1. The zero-order chi connectivity index (χ0) is 13.8. The topological polar surface area (TPSA) is 101 Å². The molecule has 7 heteroatoms. The fourth-order valence-electron chi connectivity index (χ4n) is 1.84. The number of rotatable bonds is 6. The van der Waals surface area contributed by atoms with E-state index in [1.165, 1.54) is 11.8 Å². The fourth-order valence-corrected chi connectivity index (χ4v) is 2.50. The van der Waals surface area contributed by atoms with Crippen LogP contribution in [0, 0.1) is 5.41 Å². The number of carbonyl (C=O) groups excluding carboxylic acids is 2. The van der Waals surface area contributed by atoms with Crippen molar-refractivity contribution in [2.75, 3.05) is 24.6 Å². The molecule has 18 heavy (non-hydrogen) atoms. The van der Waals surface area contributed by atoms with Gasteiger partial charge in [-0.15, -0.1) is 0 Å². The Labute approximate surface area is 110 Å². The summed E-state index contributed by atoms with van der Waals surface area (Å²) in [5.41, 5.74) is 4.16. The fraction of sp³-hybridized carbons (Fsp3) is 0.727. The molecule has 1 saturated heterocycles. The van der Waals surface area contributed by atoms with E-state index in [9.17, 15) is 14.4 Å². The lowest BCUT2D eigenvalue weighted by molar-refractivity contribution is -0.147. The van der Waals surface area contributed by atoms with Gasteiger partial charge in [-0.3, -0.25) is 14.4 Å². The second-order valence-electron chi connectivity index (χ2n) is 4.70. The normalized spacial score (nSPS) is 23.1. The minimum atomic E-state index is -0.860. The zero-order valence-electron chi connectivity index (χ0n) is 10.3. The van der Waals surface area contributed by atoms with Crippen LogP contribution in [0.4, 0.5) is 0 Å². The average Bonchev–Trinajstić information content (AvgIpc) is 2.68. The molecule has 1 atom stereocenters. The molecular formula is C11H18N2O4S. The number of nitrogens with two attached hydrogens (primary N) is 1. The first-order valence-corrected chi connectivity index (χ1v) is 6.88. The number of nitrogens with zero attached hydrogens (tertiary/aromatic N) is 1. The Morgan fingerprint density at radius 3 is 2.61 bits per heavy atom. The van der Waals surface area contributed by atoms with Crippen molar-refractivity contribution in [3.8, 4) is 0 Å². The van der Waals surface area contributed by atoms with Gasteiger partial charge in [-0.25, -0.2) is 0 Å². The summed E-state index contributed by atoms with van der Waals surface area (Å²) in [6, 6.07) is 0. The lowest BCUT2D eigenvalue weighted by atomic mass is 9.90. The summed E-state index contributed by atoms with van der Waals surface area (Å²) in [5, 5.41) is 9.05. The highest BCUT2D eigenvalue weighted by Crippen LogP contribution is 2.30. The molecule has 0 saturated carbocycles. The van der Waals surface area contributed by atoms with E-state index in [-0.39, 0.29) is 18.2 Å². The first-order chi connectivity index (χ1) is 8.35. The summed E-state index contributed by atoms with van der Waals surface area (Å²) in [6.07, 6.45) is 0.802. The average molecular weight is 274 g/mol. The predicted octanol–water partition coefficient (Wildman–Crippen LogP) is -0.0818. The molecule has 0 bridgehead atoms. The van der Waals surface area contributed by atoms with Crippen LogP contribution >= 0.6 is 11.8 Å². The standard InChI is InChI=1S/C11H18N2O4S/c1-11(10(16)17)3-4-13(7-11)9(15)2-5-18-6-8(12)14/h2-7H2,1H3,(H2,12,14)(H,16,17). The Kier molecular flexibility index (Phi) is 5.01. The van der Waals surface area contributed by atoms with Gasteiger partial charge in [0, 0.05) is 25.3 Å². The van der Waals surface area contributed by atoms with Gasteiger partial charge in [-0.05, 0) is 13.3 Å². The quantitative estimate of drug-likeness (QED) is 0.660. The van der Waals surface area contributed by atoms with Crippen molar-refractivity contribution in [2.45, 2.75) is 19.8 Å². The van der Waals surface area contributed by atoms with E-state index in [1.807, 2.05) is 0 Å². The number of aliphatic carboxylic acids is 1. The minimum absolute atomic E-state index is 0.0584. The summed E-state index contributed by atoms with van der Waals surface area (Å²) in [6.45, 7) is 2.41. The molecule has 1 heterocycles. The number of thioether (sulfide) groups is 1. The Morgan fingerprint density at radius 1 is 1.44 bits per heavy atom. The second-order valence-corrected chi connectivity index (χ2v) is 5.81. The summed E-state index contributed by atoms with van der Waals surface area (Å²) >= 11 is 1.32. The number of hydrogen-bond donors (Lipinski definition) is 2. The second kappa shape index (κ2) is 6.08. The molecule has 0 spiro atoms. The van der Waals surface area contributed by atoms with E-state index in [1.54, 1.807) is 11.8 Å². The molecule has 0 aromatic rings. The molecule has 1 rings (SSSR count). The van der Waals surface area contributed by atoms with Gasteiger partial charge in [-0.2, -0.15) is 11.8 Å². The number of hydrogen-bond acceptors (Lipinski definition) is 4. The van der Waals surface area contributed by atoms with Gasteiger partial charge < -0.3 is 15.7 Å². The first kappa shape index (κ1) is 14.8. The van der Waals surface area contributed by atoms with Crippen LogP contribution in [0.15, 0.2) is 0 Å². The molecule has 0 radical (unpaired) electrons. The summed E-state index contributed by atoms with van der Waals surface area (Å²) in [5.74, 6) is -0.577. The van der Waals surface area contributed by atoms with Crippen LogP contribution in [0.3, 0.4) is 0 Å². The Morgan fingerprint density at radius 2 is 2.11 bits per heavy atom. The van der Waals surface area contributed by atoms with Crippen LogP contribution in [-0.4, -0.2) is 52.4 Å². The maximum Gasteiger partial charge on any atom is 0.311 e. The molecule has 3 N–H and O–H groups in total. The molecule has 2 amide bonds. The van der Waals surface area contributed by atoms with E-state index in [2.05, 4.69) is 0 Å². The number of primary amides is 1. The molecule has 1 aliphatic rings. The zero-order valence-corrected chi connectivity index (χ0v) is 11.2. The molecule has 0 aromatic heterocycles. The Bertz CT molecular complexity index is 361. The van der Waals surface area contributed by atoms with E-state index in [0.29, 0.717) is 25.1 Å². The third kappa shape index (κ3) is 3.90. The maximum atomic E-state index is 11.8. The monoisotopic (exact) mass is 274 g/mol. The van der Waals surface area contributed by atoms with E-state index in [0.717, 1.165) is 0 Å². The predicted molar refractivity (Wildman–Crippen MR) is 68.1 cm³/mol. The number of amides is 2. The van der Waals surface area contributed by atoms with Gasteiger partial charge >= 0.3 is 5.97 Å². The molecule has 0 aromatic carbocycles. The van der Waals surface area contributed by atoms with Gasteiger partial charge in [0.05, 0.1) is 11.2 Å². The van der Waals surface area contributed by atoms with Crippen LogP contribution in [-0.2, 0) is 14.4 Å². The lowest BCUT2D eigenvalue weighted by Crippen LogP contribution is -2.35. The molecule has 6 nitrogen and oxygen atoms in total. The van der Waals surface area contributed by atoms with E-state index in [4.69, 9.17) is 10.8 Å². The van der Waals surface area contributed by atoms with Crippen molar-refractivity contribution < 1.29 is 19.5 Å². The molecule has 102 valence electrons. The highest BCUT2D eigenvalue weighted by atomic mass is 32.2. The highest BCUT2D eigenvalue weighted by molar-refractivity contribution is 7.99. The van der Waals surface area contributed by atoms with Crippen molar-refractivity contribution in [3.05, 3.63) is 0 Å². The van der Waals surface area contributed by atoms with Gasteiger partial charge in [0.25, 0.3) is 0 Å². The van der Waals surface area contributed by atoms with Crippen LogP contribution in [0.25, 0.3) is 0 Å². The minimum Gasteiger partial charge on any atom is -0.481 e. The molecular weight excluding hydrogens is 256 g/mol. The van der Waals surface area contributed by atoms with Crippen LogP contribution in [0.1, 0.15) is 19.8 Å². The van der Waals surface area contributed by atoms with Crippen molar-refractivity contribution in [1.29, 1.82) is 0 Å². The van der Waals surface area contributed by atoms with E-state index < -0.39 is 17.3 Å². The lowest BCUT2D eigenvalue weighted by Gasteiger charge is -2.20. The van der Waals surface area contributed by atoms with Crippen LogP contribution in [0.2, 0.25) is 0 Å². The Hall–Kier alpha value is -1.24. The molecule has 1 unspecified atom stereocenters. The largest absolute Gasteiger partial charge is 0.481 e. The summed E-state index contributed by atoms with van der Waals surface area (Å²) in [7, 11) is 0. The molecule has 1 fully saturated rings. The smallest absolute Gasteiger partial charge is 0.311 e. The summed E-state index contributed by atoms with van der Waals surface area (Å²) < 4.78 is 0. The van der Waals surface area contributed by atoms with E-state index >= 15 is 0 Å². The van der Waals surface area contributed by atoms with Gasteiger partial charge in [-0.1, -0.05) is 0 Å². The third-order valence-corrected chi connectivity index (χ3v) is 4.03. The van der Waals surface area contributed by atoms with Crippen LogP contribution in [0.5, 0.6) is 0 Å². The van der Waals surface area contributed by atoms with Crippen molar-refractivity contribution in [1.82, 2.24) is 4.90 Å². The first-order valence-electron chi connectivity index (χ1n) is 5.72. The maximum absolute atomic E-state index is 11.8. The van der Waals surface area contributed by atoms with Crippen molar-refractivity contribution in [2.24, 2.45) is 11.1 Å². The van der Waals surface area contributed by atoms with Gasteiger partial charge in [0.15, 0.2) is 0 Å². The number of carboxylic acids is 1. The molecule has 0 aliphatic carbocycles. The third-order valence-electron chi connectivity index (χ3n) is 3.05. The Balaban J connectivity index is 2.32.